The SMILES string of the molecule is Nc1ncnc2c1c(-c1ccc(Oc3ccccc3)cc1)nn2C1CCN(C2CCN(C(=O)N3CCC(CN4CCN(c5ccc6c(c5)C(=O)N(C5CCC(=O)NC5=O)C6=O)CC4)CC3)CC2)CC1. The van der Waals surface area contributed by atoms with E-state index in [9.17, 15) is 24.0 Å². The predicted molar refractivity (Wildman–Crippen MR) is 258 cm³/mol. The van der Waals surface area contributed by atoms with Gasteiger partial charge in [0, 0.05) is 95.7 Å². The van der Waals surface area contributed by atoms with Gasteiger partial charge in [0.2, 0.25) is 11.8 Å². The summed E-state index contributed by atoms with van der Waals surface area (Å²) in [5.74, 6) is 0.485. The minimum absolute atomic E-state index is 0.0900. The van der Waals surface area contributed by atoms with Gasteiger partial charge in [-0.05, 0) is 105 Å². The quantitative estimate of drug-likeness (QED) is 0.187. The minimum Gasteiger partial charge on any atom is -0.457 e. The minimum atomic E-state index is -0.977. The van der Waals surface area contributed by atoms with Gasteiger partial charge < -0.3 is 30.1 Å². The molecule has 1 unspecified atom stereocenters. The van der Waals surface area contributed by atoms with Gasteiger partial charge in [-0.25, -0.2) is 19.4 Å². The molecule has 6 aliphatic rings. The smallest absolute Gasteiger partial charge is 0.319 e. The fourth-order valence-corrected chi connectivity index (χ4v) is 11.4. The van der Waals surface area contributed by atoms with Crippen LogP contribution in [0.25, 0.3) is 22.3 Å². The van der Waals surface area contributed by atoms with E-state index >= 15 is 0 Å². The van der Waals surface area contributed by atoms with Gasteiger partial charge >= 0.3 is 6.03 Å². The number of nitrogens with one attached hydrogen (secondary N) is 1. The number of nitrogens with two attached hydrogens (primary N) is 1. The molecule has 69 heavy (non-hydrogen) atoms. The van der Waals surface area contributed by atoms with E-state index in [2.05, 4.69) is 44.5 Å². The number of para-hydroxylation sites is 1. The Labute approximate surface area is 400 Å². The maximum absolute atomic E-state index is 13.8. The zero-order valence-electron chi connectivity index (χ0n) is 38.7. The standard InChI is InChI=1S/C51H58N12O6/c52-46-44-45(34-6-9-39(10-7-34)69-38-4-2-1-3-5-38)56-63(47(44)54-32-53-46)36-18-22-58(23-19-36)35-16-24-61(25-17-35)51(68)60-20-14-33(15-21-60)31-57-26-28-59(29-27-57)37-8-11-40-41(30-37)50(67)62(49(40)66)42-12-13-43(64)55-48(42)65/h1-11,30,32-33,35-36,42H,12-29,31H2,(H2,52,53,54)(H,55,64,65). The van der Waals surface area contributed by atoms with Crippen molar-refractivity contribution in [1.82, 2.24) is 49.6 Å². The Hall–Kier alpha value is -6.92. The topological polar surface area (TPSA) is 196 Å². The molecule has 3 N–H and O–H groups in total. The molecule has 0 spiro atoms. The molecule has 6 amide bonds. The van der Waals surface area contributed by atoms with E-state index in [1.165, 1.54) is 6.33 Å². The van der Waals surface area contributed by atoms with Crippen LogP contribution in [0.5, 0.6) is 11.5 Å². The highest BCUT2D eigenvalue weighted by Crippen LogP contribution is 2.37. The molecule has 2 aromatic heterocycles. The van der Waals surface area contributed by atoms with Gasteiger partial charge in [0.15, 0.2) is 5.65 Å². The van der Waals surface area contributed by atoms with Gasteiger partial charge in [-0.15, -0.1) is 0 Å². The highest BCUT2D eigenvalue weighted by atomic mass is 16.5. The molecule has 8 heterocycles. The van der Waals surface area contributed by atoms with Crippen molar-refractivity contribution in [3.05, 3.63) is 90.3 Å². The molecule has 0 aliphatic carbocycles. The van der Waals surface area contributed by atoms with Gasteiger partial charge in [-0.2, -0.15) is 5.10 Å². The maximum Gasteiger partial charge on any atom is 0.319 e. The van der Waals surface area contributed by atoms with Crippen molar-refractivity contribution in [3.63, 3.8) is 0 Å². The summed E-state index contributed by atoms with van der Waals surface area (Å²) in [4.78, 5) is 86.0. The number of hydrogen-bond donors (Lipinski definition) is 2. The number of imide groups is 2. The molecule has 1 atom stereocenters. The van der Waals surface area contributed by atoms with Gasteiger partial charge in [0.05, 0.1) is 22.6 Å². The Morgan fingerprint density at radius 1 is 0.696 bits per heavy atom. The first-order chi connectivity index (χ1) is 33.6. The lowest BCUT2D eigenvalue weighted by Crippen LogP contribution is -2.54. The summed E-state index contributed by atoms with van der Waals surface area (Å²) in [5, 5.41) is 8.16. The monoisotopic (exact) mass is 934 g/mol. The second kappa shape index (κ2) is 18.9. The lowest BCUT2D eigenvalue weighted by atomic mass is 9.95. The maximum atomic E-state index is 13.8. The Morgan fingerprint density at radius 3 is 2.07 bits per heavy atom. The Bertz CT molecular complexity index is 2750. The molecule has 5 fully saturated rings. The number of carbonyl (C=O) groups excluding carboxylic acids is 5. The van der Waals surface area contributed by atoms with Crippen LogP contribution in [0.1, 0.15) is 78.1 Å². The van der Waals surface area contributed by atoms with Crippen LogP contribution in [0.3, 0.4) is 0 Å². The molecule has 358 valence electrons. The summed E-state index contributed by atoms with van der Waals surface area (Å²) in [5.41, 5.74) is 10.4. The van der Waals surface area contributed by atoms with E-state index in [0.717, 1.165) is 155 Å². The number of amides is 6. The van der Waals surface area contributed by atoms with Gasteiger partial charge in [0.25, 0.3) is 11.8 Å². The van der Waals surface area contributed by atoms with Crippen molar-refractivity contribution in [3.8, 4) is 22.8 Å². The van der Waals surface area contributed by atoms with E-state index in [0.29, 0.717) is 28.9 Å². The fraction of sp³-hybridized carbons (Fsp3) is 0.451. The van der Waals surface area contributed by atoms with Crippen LogP contribution in [0.15, 0.2) is 79.1 Å². The van der Waals surface area contributed by atoms with Crippen LogP contribution >= 0.6 is 0 Å². The van der Waals surface area contributed by atoms with E-state index in [-0.39, 0.29) is 24.9 Å². The number of fused-ring (bicyclic) bond motifs is 2. The number of aromatic nitrogens is 4. The fourth-order valence-electron chi connectivity index (χ4n) is 11.4. The second-order valence-corrected chi connectivity index (χ2v) is 19.4. The Morgan fingerprint density at radius 2 is 1.36 bits per heavy atom. The predicted octanol–water partition coefficient (Wildman–Crippen LogP) is 5.02. The van der Waals surface area contributed by atoms with Crippen LogP contribution in [0.2, 0.25) is 0 Å². The van der Waals surface area contributed by atoms with E-state index < -0.39 is 29.7 Å². The van der Waals surface area contributed by atoms with E-state index in [1.807, 2.05) is 60.7 Å². The summed E-state index contributed by atoms with van der Waals surface area (Å²) in [6.07, 6.45) is 7.57. The summed E-state index contributed by atoms with van der Waals surface area (Å²) in [6.45, 7) is 9.37. The highest BCUT2D eigenvalue weighted by molar-refractivity contribution is 6.23. The second-order valence-electron chi connectivity index (χ2n) is 19.4. The molecule has 0 saturated carbocycles. The van der Waals surface area contributed by atoms with E-state index in [1.54, 1.807) is 12.1 Å². The number of piperidine rings is 4. The number of likely N-dealkylation sites (tertiary alicyclic amines) is 3. The zero-order valence-corrected chi connectivity index (χ0v) is 38.7. The van der Waals surface area contributed by atoms with Crippen LogP contribution in [0, 0.1) is 5.92 Å². The number of benzene rings is 3. The number of piperazine rings is 1. The average molecular weight is 935 g/mol. The molecule has 18 nitrogen and oxygen atoms in total. The molecule has 5 saturated heterocycles. The van der Waals surface area contributed by atoms with Crippen LogP contribution in [0.4, 0.5) is 16.3 Å². The molecule has 3 aromatic carbocycles. The Kier molecular flexibility index (Phi) is 12.2. The molecule has 18 heteroatoms. The molecular weight excluding hydrogens is 877 g/mol. The van der Waals surface area contributed by atoms with E-state index in [4.69, 9.17) is 15.6 Å². The third-order valence-electron chi connectivity index (χ3n) is 15.3. The molecule has 11 rings (SSSR count). The zero-order chi connectivity index (χ0) is 47.2. The van der Waals surface area contributed by atoms with Crippen molar-refractivity contribution < 1.29 is 28.7 Å². The number of nitrogen functional groups attached to an aromatic ring is 1. The van der Waals surface area contributed by atoms with Crippen LogP contribution in [-0.2, 0) is 9.59 Å². The van der Waals surface area contributed by atoms with Gasteiger partial charge in [-0.1, -0.05) is 18.2 Å². The van der Waals surface area contributed by atoms with Crippen molar-refractivity contribution in [2.75, 3.05) is 82.6 Å². The summed E-state index contributed by atoms with van der Waals surface area (Å²) in [6, 6.07) is 22.8. The number of carbonyl (C=O) groups is 5. The van der Waals surface area contributed by atoms with Crippen molar-refractivity contribution in [2.24, 2.45) is 5.92 Å². The van der Waals surface area contributed by atoms with Gasteiger partial charge in [-0.3, -0.25) is 34.3 Å². The van der Waals surface area contributed by atoms with Gasteiger partial charge in [0.1, 0.15) is 35.4 Å². The number of urea groups is 1. The lowest BCUT2D eigenvalue weighted by Gasteiger charge is -2.43. The summed E-state index contributed by atoms with van der Waals surface area (Å²) in [7, 11) is 0. The molecule has 0 radical (unpaired) electrons. The largest absolute Gasteiger partial charge is 0.457 e. The van der Waals surface area contributed by atoms with Crippen LogP contribution in [-0.4, -0.2) is 158 Å². The molecule has 0 bridgehead atoms. The number of hydrogen-bond acceptors (Lipinski definition) is 13. The first-order valence-electron chi connectivity index (χ1n) is 24.6. The molecule has 5 aromatic rings. The lowest BCUT2D eigenvalue weighted by molar-refractivity contribution is -0.136. The first kappa shape index (κ1) is 44.6. The Balaban J connectivity index is 0.619. The molecule has 6 aliphatic heterocycles. The molecular formula is C51H58N12O6. The van der Waals surface area contributed by atoms with Crippen LogP contribution < -0.4 is 20.7 Å². The number of nitrogens with zero attached hydrogens (tertiary/aromatic N) is 10. The first-order valence-corrected chi connectivity index (χ1v) is 24.6. The number of rotatable bonds is 9. The van der Waals surface area contributed by atoms with Crippen molar-refractivity contribution in [2.45, 2.75) is 69.5 Å². The third-order valence-corrected chi connectivity index (χ3v) is 15.3. The average Bonchev–Trinajstić information content (AvgIpc) is 3.89. The third kappa shape index (κ3) is 8.86. The van der Waals surface area contributed by atoms with Crippen molar-refractivity contribution in [1.29, 1.82) is 0 Å². The number of anilines is 2. The summed E-state index contributed by atoms with van der Waals surface area (Å²) >= 11 is 0. The summed E-state index contributed by atoms with van der Waals surface area (Å²) < 4.78 is 8.09. The highest BCUT2D eigenvalue weighted by Gasteiger charge is 2.45. The van der Waals surface area contributed by atoms with Crippen molar-refractivity contribution >= 4 is 52.2 Å². The normalized spacial score (nSPS) is 21.6. The number of ether oxygens (including phenoxy) is 1.